The van der Waals surface area contributed by atoms with Gasteiger partial charge in [-0.25, -0.2) is 0 Å². The average Bonchev–Trinajstić information content (AvgIpc) is 2.61. The molecule has 0 aliphatic rings. The fourth-order valence-corrected chi connectivity index (χ4v) is 2.27. The Morgan fingerprint density at radius 1 is 1.04 bits per heavy atom. The van der Waals surface area contributed by atoms with Gasteiger partial charge in [0.25, 0.3) is 17.3 Å². The van der Waals surface area contributed by atoms with E-state index in [4.69, 9.17) is 0 Å². The lowest BCUT2D eigenvalue weighted by atomic mass is 10.1. The fraction of sp³-hybridized carbons (Fsp3) is 0.188. The predicted octanol–water partition coefficient (Wildman–Crippen LogP) is 1.84. The summed E-state index contributed by atoms with van der Waals surface area (Å²) in [5, 5.41) is 33.7. The van der Waals surface area contributed by atoms with Gasteiger partial charge >= 0.3 is 0 Å². The quantitative estimate of drug-likeness (QED) is 0.580. The number of nitrogens with zero attached hydrogens (tertiary/aromatic N) is 2. The Morgan fingerprint density at radius 3 is 2.08 bits per heavy atom. The van der Waals surface area contributed by atoms with Crippen LogP contribution in [0.2, 0.25) is 0 Å². The Bertz CT molecular complexity index is 761. The highest BCUT2D eigenvalue weighted by molar-refractivity contribution is 5.95. The summed E-state index contributed by atoms with van der Waals surface area (Å²) in [4.78, 5) is 32.4. The zero-order valence-electron chi connectivity index (χ0n) is 13.0. The third-order valence-corrected chi connectivity index (χ3v) is 3.47. The maximum atomic E-state index is 12.3. The molecule has 0 heterocycles. The maximum absolute atomic E-state index is 12.3. The largest absolute Gasteiger partial charge is 0.394 e. The van der Waals surface area contributed by atoms with Crippen molar-refractivity contribution >= 4 is 17.3 Å². The summed E-state index contributed by atoms with van der Waals surface area (Å²) < 4.78 is 0. The number of aliphatic hydroxyl groups excluding tert-OH is 1. The number of aliphatic hydroxyl groups is 1. The van der Waals surface area contributed by atoms with Gasteiger partial charge in [-0.05, 0) is 12.0 Å². The molecular formula is C16H15N3O6. The molecule has 0 saturated heterocycles. The number of nitro benzene ring substituents is 2. The minimum atomic E-state index is -0.808. The van der Waals surface area contributed by atoms with E-state index in [1.807, 2.05) is 30.3 Å². The Labute approximate surface area is 142 Å². The van der Waals surface area contributed by atoms with Crippen LogP contribution in [-0.2, 0) is 6.42 Å². The number of benzene rings is 2. The molecule has 9 nitrogen and oxygen atoms in total. The molecular weight excluding hydrogens is 330 g/mol. The van der Waals surface area contributed by atoms with Crippen LogP contribution in [0.3, 0.4) is 0 Å². The van der Waals surface area contributed by atoms with Crippen LogP contribution in [0.5, 0.6) is 0 Å². The maximum Gasteiger partial charge on any atom is 0.277 e. The highest BCUT2D eigenvalue weighted by Crippen LogP contribution is 2.22. The summed E-state index contributed by atoms with van der Waals surface area (Å²) in [6, 6.07) is 11.2. The number of carbonyl (C=O) groups is 1. The van der Waals surface area contributed by atoms with Crippen LogP contribution >= 0.6 is 0 Å². The van der Waals surface area contributed by atoms with E-state index in [2.05, 4.69) is 5.32 Å². The smallest absolute Gasteiger partial charge is 0.277 e. The highest BCUT2D eigenvalue weighted by Gasteiger charge is 2.21. The molecule has 0 fully saturated rings. The topological polar surface area (TPSA) is 136 Å². The summed E-state index contributed by atoms with van der Waals surface area (Å²) in [6.07, 6.45) is 0.347. The van der Waals surface area contributed by atoms with Crippen molar-refractivity contribution in [3.05, 3.63) is 79.9 Å². The molecule has 25 heavy (non-hydrogen) atoms. The summed E-state index contributed by atoms with van der Waals surface area (Å²) in [5.74, 6) is -0.734. The molecule has 2 N–H and O–H groups in total. The molecule has 130 valence electrons. The van der Waals surface area contributed by atoms with Crippen LogP contribution in [0, 0.1) is 20.2 Å². The van der Waals surface area contributed by atoms with Crippen LogP contribution in [0.1, 0.15) is 15.9 Å². The van der Waals surface area contributed by atoms with Crippen molar-refractivity contribution < 1.29 is 19.7 Å². The molecule has 0 aromatic heterocycles. The zero-order valence-corrected chi connectivity index (χ0v) is 13.0. The van der Waals surface area contributed by atoms with Crippen molar-refractivity contribution in [2.45, 2.75) is 12.5 Å². The van der Waals surface area contributed by atoms with Gasteiger partial charge in [0.1, 0.15) is 0 Å². The van der Waals surface area contributed by atoms with Crippen molar-refractivity contribution in [1.82, 2.24) is 5.32 Å². The van der Waals surface area contributed by atoms with E-state index in [0.29, 0.717) is 6.42 Å². The SMILES string of the molecule is O=C(NC(CO)Cc1ccccc1)c1cc([N+](=O)[O-])cc([N+](=O)[O-])c1. The van der Waals surface area contributed by atoms with Gasteiger partial charge in [-0.3, -0.25) is 25.0 Å². The minimum absolute atomic E-state index is 0.215. The average molecular weight is 345 g/mol. The molecule has 0 spiro atoms. The van der Waals surface area contributed by atoms with Crippen molar-refractivity contribution in [3.63, 3.8) is 0 Å². The third kappa shape index (κ3) is 4.82. The molecule has 9 heteroatoms. The molecule has 0 bridgehead atoms. The molecule has 0 aliphatic heterocycles. The summed E-state index contributed by atoms with van der Waals surface area (Å²) in [7, 11) is 0. The van der Waals surface area contributed by atoms with E-state index in [9.17, 15) is 30.1 Å². The highest BCUT2D eigenvalue weighted by atomic mass is 16.6. The second-order valence-corrected chi connectivity index (χ2v) is 5.29. The van der Waals surface area contributed by atoms with Crippen LogP contribution in [0.4, 0.5) is 11.4 Å². The number of nitro groups is 2. The van der Waals surface area contributed by atoms with Gasteiger partial charge in [0, 0.05) is 12.1 Å². The molecule has 2 rings (SSSR count). The first-order valence-electron chi connectivity index (χ1n) is 7.30. The van der Waals surface area contributed by atoms with Gasteiger partial charge in [0.15, 0.2) is 0 Å². The number of nitrogens with one attached hydrogen (secondary N) is 1. The molecule has 1 atom stereocenters. The zero-order chi connectivity index (χ0) is 18.4. The first kappa shape index (κ1) is 18.0. The molecule has 1 amide bonds. The minimum Gasteiger partial charge on any atom is -0.394 e. The van der Waals surface area contributed by atoms with Gasteiger partial charge in [0.05, 0.1) is 34.1 Å². The van der Waals surface area contributed by atoms with E-state index in [0.717, 1.165) is 23.8 Å². The Kier molecular flexibility index (Phi) is 5.75. The molecule has 2 aromatic carbocycles. The van der Waals surface area contributed by atoms with Gasteiger partial charge in [-0.15, -0.1) is 0 Å². The second kappa shape index (κ2) is 7.97. The predicted molar refractivity (Wildman–Crippen MR) is 88.2 cm³/mol. The molecule has 1 unspecified atom stereocenters. The second-order valence-electron chi connectivity index (χ2n) is 5.29. The lowest BCUT2D eigenvalue weighted by Gasteiger charge is -2.16. The summed E-state index contributed by atoms with van der Waals surface area (Å²) in [6.45, 7) is -0.350. The normalized spacial score (nSPS) is 11.6. The van der Waals surface area contributed by atoms with Crippen LogP contribution in [0.15, 0.2) is 48.5 Å². The van der Waals surface area contributed by atoms with Crippen molar-refractivity contribution in [2.75, 3.05) is 6.61 Å². The van der Waals surface area contributed by atoms with E-state index in [-0.39, 0.29) is 12.2 Å². The van der Waals surface area contributed by atoms with Crippen LogP contribution in [0.25, 0.3) is 0 Å². The number of non-ortho nitro benzene ring substituents is 2. The lowest BCUT2D eigenvalue weighted by Crippen LogP contribution is -2.39. The van der Waals surface area contributed by atoms with Crippen molar-refractivity contribution in [1.29, 1.82) is 0 Å². The first-order valence-corrected chi connectivity index (χ1v) is 7.30. The van der Waals surface area contributed by atoms with Crippen LogP contribution in [-0.4, -0.2) is 33.5 Å². The molecule has 0 saturated carbocycles. The van der Waals surface area contributed by atoms with E-state index in [1.54, 1.807) is 0 Å². The Hall–Kier alpha value is -3.33. The number of carbonyl (C=O) groups excluding carboxylic acids is 1. The van der Waals surface area contributed by atoms with Crippen LogP contribution < -0.4 is 5.32 Å². The monoisotopic (exact) mass is 345 g/mol. The summed E-state index contributed by atoms with van der Waals surface area (Å²) >= 11 is 0. The van der Waals surface area contributed by atoms with E-state index < -0.39 is 33.2 Å². The Balaban J connectivity index is 2.21. The van der Waals surface area contributed by atoms with Gasteiger partial charge in [-0.1, -0.05) is 30.3 Å². The lowest BCUT2D eigenvalue weighted by molar-refractivity contribution is -0.394. The van der Waals surface area contributed by atoms with Crippen molar-refractivity contribution in [2.24, 2.45) is 0 Å². The number of hydrogen-bond donors (Lipinski definition) is 2. The van der Waals surface area contributed by atoms with Crippen molar-refractivity contribution in [3.8, 4) is 0 Å². The molecule has 0 aliphatic carbocycles. The Morgan fingerprint density at radius 2 is 1.60 bits per heavy atom. The van der Waals surface area contributed by atoms with Gasteiger partial charge in [-0.2, -0.15) is 0 Å². The van der Waals surface area contributed by atoms with Gasteiger partial charge in [0.2, 0.25) is 0 Å². The van der Waals surface area contributed by atoms with E-state index in [1.165, 1.54) is 0 Å². The number of rotatable bonds is 7. The fourth-order valence-electron chi connectivity index (χ4n) is 2.27. The number of hydrogen-bond acceptors (Lipinski definition) is 6. The molecule has 0 radical (unpaired) electrons. The first-order chi connectivity index (χ1) is 11.9. The summed E-state index contributed by atoms with van der Waals surface area (Å²) in [5.41, 5.74) is -0.440. The van der Waals surface area contributed by atoms with Gasteiger partial charge < -0.3 is 10.4 Å². The molecule has 2 aromatic rings. The number of amides is 1. The standard InChI is InChI=1S/C16H15N3O6/c20-10-13(6-11-4-2-1-3-5-11)17-16(21)12-7-14(18(22)23)9-15(8-12)19(24)25/h1-5,7-9,13,20H,6,10H2,(H,17,21). The van der Waals surface area contributed by atoms with E-state index >= 15 is 0 Å². The third-order valence-electron chi connectivity index (χ3n) is 3.47.